The first kappa shape index (κ1) is 13.6. The van der Waals surface area contributed by atoms with Crippen LogP contribution in [-0.4, -0.2) is 0 Å². The van der Waals surface area contributed by atoms with E-state index in [-0.39, 0.29) is 5.56 Å². The van der Waals surface area contributed by atoms with Crippen LogP contribution in [0.1, 0.15) is 31.9 Å². The molecule has 0 radical (unpaired) electrons. The maximum Gasteiger partial charge on any atom is 0.417 e. The van der Waals surface area contributed by atoms with Crippen molar-refractivity contribution in [1.29, 1.82) is 0 Å². The molecule has 0 saturated carbocycles. The number of rotatable bonds is 2. The number of hydrogen-bond acceptors (Lipinski definition) is 0. The minimum Gasteiger partial charge on any atom is -0.166 e. The summed E-state index contributed by atoms with van der Waals surface area (Å²) in [6, 6.07) is 5.63. The van der Waals surface area contributed by atoms with Crippen LogP contribution in [0.25, 0.3) is 5.57 Å². The molecule has 0 spiro atoms. The second-order valence-corrected chi connectivity index (χ2v) is 4.01. The average molecular weight is 240 g/mol. The number of allylic oxidation sites excluding steroid dienone is 4. The molecule has 0 saturated heterocycles. The van der Waals surface area contributed by atoms with Gasteiger partial charge in [-0.15, -0.1) is 0 Å². The Hall–Kier alpha value is -1.51. The van der Waals surface area contributed by atoms with E-state index >= 15 is 0 Å². The lowest BCUT2D eigenvalue weighted by Gasteiger charge is -2.13. The van der Waals surface area contributed by atoms with Crippen LogP contribution in [0, 0.1) is 0 Å². The van der Waals surface area contributed by atoms with E-state index in [1.807, 2.05) is 13.8 Å². The molecule has 0 amide bonds. The number of halogens is 3. The molecular formula is C14H15F3. The van der Waals surface area contributed by atoms with E-state index in [1.54, 1.807) is 25.1 Å². The summed E-state index contributed by atoms with van der Waals surface area (Å²) in [6.45, 7) is 5.46. The monoisotopic (exact) mass is 240 g/mol. The van der Waals surface area contributed by atoms with Gasteiger partial charge in [-0.2, -0.15) is 13.2 Å². The highest BCUT2D eigenvalue weighted by atomic mass is 19.4. The zero-order chi connectivity index (χ0) is 13.1. The molecule has 0 aliphatic carbocycles. The van der Waals surface area contributed by atoms with Gasteiger partial charge in [0.2, 0.25) is 0 Å². The molecule has 0 unspecified atom stereocenters. The van der Waals surface area contributed by atoms with Gasteiger partial charge >= 0.3 is 6.18 Å². The van der Waals surface area contributed by atoms with Gasteiger partial charge in [0.15, 0.2) is 0 Å². The fourth-order valence-electron chi connectivity index (χ4n) is 1.61. The van der Waals surface area contributed by atoms with Crippen molar-refractivity contribution < 1.29 is 13.2 Å². The summed E-state index contributed by atoms with van der Waals surface area (Å²) in [5, 5.41) is 0. The summed E-state index contributed by atoms with van der Waals surface area (Å²) in [7, 11) is 0. The molecule has 17 heavy (non-hydrogen) atoms. The van der Waals surface area contributed by atoms with Crippen LogP contribution in [0.4, 0.5) is 13.2 Å². The van der Waals surface area contributed by atoms with Crippen molar-refractivity contribution in [3.05, 3.63) is 53.1 Å². The van der Waals surface area contributed by atoms with Gasteiger partial charge in [0.05, 0.1) is 5.56 Å². The maximum absolute atomic E-state index is 12.8. The highest BCUT2D eigenvalue weighted by Gasteiger charge is 2.33. The fraction of sp³-hybridized carbons (Fsp3) is 0.286. The van der Waals surface area contributed by atoms with Crippen molar-refractivity contribution in [2.75, 3.05) is 0 Å². The summed E-state index contributed by atoms with van der Waals surface area (Å²) < 4.78 is 38.5. The smallest absolute Gasteiger partial charge is 0.166 e. The summed E-state index contributed by atoms with van der Waals surface area (Å²) in [5.74, 6) is 0. The minimum atomic E-state index is -4.32. The van der Waals surface area contributed by atoms with E-state index < -0.39 is 11.7 Å². The largest absolute Gasteiger partial charge is 0.417 e. The Kier molecular flexibility index (Phi) is 4.16. The van der Waals surface area contributed by atoms with Crippen LogP contribution in [0.2, 0.25) is 0 Å². The van der Waals surface area contributed by atoms with E-state index in [2.05, 4.69) is 0 Å². The van der Waals surface area contributed by atoms with Crippen LogP contribution in [-0.2, 0) is 6.18 Å². The molecule has 0 aromatic heterocycles. The number of hydrogen-bond donors (Lipinski definition) is 0. The standard InChI is InChI=1S/C14H15F3/c1-4-11(9-10(2)3)12-7-5-6-8-13(12)14(15,16)17/h4-9H,1-3H3/b11-4+. The zero-order valence-electron chi connectivity index (χ0n) is 10.1. The van der Waals surface area contributed by atoms with Crippen LogP contribution in [0.15, 0.2) is 42.0 Å². The number of alkyl halides is 3. The predicted molar refractivity (Wildman–Crippen MR) is 64.5 cm³/mol. The average Bonchev–Trinajstić information content (AvgIpc) is 2.24. The maximum atomic E-state index is 12.8. The first-order chi connectivity index (χ1) is 7.86. The van der Waals surface area contributed by atoms with Gasteiger partial charge in [-0.3, -0.25) is 0 Å². The third-order valence-corrected chi connectivity index (χ3v) is 2.30. The van der Waals surface area contributed by atoms with Crippen molar-refractivity contribution in [3.8, 4) is 0 Å². The van der Waals surface area contributed by atoms with Crippen LogP contribution in [0.3, 0.4) is 0 Å². The van der Waals surface area contributed by atoms with Crippen molar-refractivity contribution >= 4 is 5.57 Å². The summed E-state index contributed by atoms with van der Waals surface area (Å²) in [6.07, 6.45) is -0.873. The van der Waals surface area contributed by atoms with Crippen LogP contribution >= 0.6 is 0 Å². The molecule has 0 aliphatic heterocycles. The molecule has 0 atom stereocenters. The molecule has 0 heterocycles. The quantitative estimate of drug-likeness (QED) is 0.633. The van der Waals surface area contributed by atoms with Gasteiger partial charge in [0, 0.05) is 0 Å². The molecule has 92 valence electrons. The van der Waals surface area contributed by atoms with E-state index in [0.29, 0.717) is 5.57 Å². The van der Waals surface area contributed by atoms with Crippen molar-refractivity contribution in [2.45, 2.75) is 26.9 Å². The zero-order valence-corrected chi connectivity index (χ0v) is 10.1. The second kappa shape index (κ2) is 5.21. The second-order valence-electron chi connectivity index (χ2n) is 4.01. The van der Waals surface area contributed by atoms with Crippen molar-refractivity contribution in [2.24, 2.45) is 0 Å². The Bertz CT molecular complexity index is 447. The van der Waals surface area contributed by atoms with Gasteiger partial charge < -0.3 is 0 Å². The minimum absolute atomic E-state index is 0.226. The highest BCUT2D eigenvalue weighted by Crippen LogP contribution is 2.35. The number of benzene rings is 1. The first-order valence-electron chi connectivity index (χ1n) is 5.34. The molecular weight excluding hydrogens is 225 g/mol. The molecule has 0 bridgehead atoms. The normalized spacial score (nSPS) is 12.5. The third-order valence-electron chi connectivity index (χ3n) is 2.30. The molecule has 0 fully saturated rings. The summed E-state index contributed by atoms with van der Waals surface area (Å²) >= 11 is 0. The Balaban J connectivity index is 3.36. The lowest BCUT2D eigenvalue weighted by Crippen LogP contribution is -2.08. The van der Waals surface area contributed by atoms with E-state index in [9.17, 15) is 13.2 Å². The fourth-order valence-corrected chi connectivity index (χ4v) is 1.61. The van der Waals surface area contributed by atoms with Gasteiger partial charge in [-0.05, 0) is 38.0 Å². The van der Waals surface area contributed by atoms with Crippen molar-refractivity contribution in [1.82, 2.24) is 0 Å². The molecule has 0 nitrogen and oxygen atoms in total. The summed E-state index contributed by atoms with van der Waals surface area (Å²) in [4.78, 5) is 0. The van der Waals surface area contributed by atoms with E-state index in [4.69, 9.17) is 0 Å². The molecule has 0 N–H and O–H groups in total. The Morgan fingerprint density at radius 2 is 1.71 bits per heavy atom. The molecule has 1 aromatic carbocycles. The molecule has 1 rings (SSSR count). The van der Waals surface area contributed by atoms with Gasteiger partial charge in [0.25, 0.3) is 0 Å². The van der Waals surface area contributed by atoms with Gasteiger partial charge in [-0.25, -0.2) is 0 Å². The van der Waals surface area contributed by atoms with E-state index in [1.165, 1.54) is 12.1 Å². The highest BCUT2D eigenvalue weighted by molar-refractivity contribution is 5.76. The Labute approximate surface area is 99.5 Å². The third kappa shape index (κ3) is 3.48. The van der Waals surface area contributed by atoms with Gasteiger partial charge in [0.1, 0.15) is 0 Å². The van der Waals surface area contributed by atoms with E-state index in [0.717, 1.165) is 11.6 Å². The Morgan fingerprint density at radius 3 is 2.18 bits per heavy atom. The Morgan fingerprint density at radius 1 is 1.12 bits per heavy atom. The lowest BCUT2D eigenvalue weighted by atomic mass is 9.97. The molecule has 1 aromatic rings. The first-order valence-corrected chi connectivity index (χ1v) is 5.34. The predicted octanol–water partition coefficient (Wildman–Crippen LogP) is 5.07. The van der Waals surface area contributed by atoms with Crippen molar-refractivity contribution in [3.63, 3.8) is 0 Å². The molecule has 3 heteroatoms. The lowest BCUT2D eigenvalue weighted by molar-refractivity contribution is -0.137. The summed E-state index contributed by atoms with van der Waals surface area (Å²) in [5.41, 5.74) is 1.20. The van der Waals surface area contributed by atoms with Crippen LogP contribution in [0.5, 0.6) is 0 Å². The van der Waals surface area contributed by atoms with Crippen LogP contribution < -0.4 is 0 Å². The molecule has 0 aliphatic rings. The van der Waals surface area contributed by atoms with Gasteiger partial charge in [-0.1, -0.05) is 35.9 Å². The SMILES string of the molecule is C/C=C(\C=C(C)C)c1ccccc1C(F)(F)F. The topological polar surface area (TPSA) is 0 Å².